The number of hydrogen-bond acceptors (Lipinski definition) is 2. The largest absolute Gasteiger partial charge is 0.375 e. The van der Waals surface area contributed by atoms with Crippen molar-refractivity contribution in [2.24, 2.45) is 5.41 Å². The lowest BCUT2D eigenvalue weighted by Crippen LogP contribution is -2.24. The van der Waals surface area contributed by atoms with E-state index in [1.165, 1.54) is 11.1 Å². The highest BCUT2D eigenvalue weighted by Gasteiger charge is 2.38. The monoisotopic (exact) mass is 316 g/mol. The highest BCUT2D eigenvalue weighted by Crippen LogP contribution is 2.47. The van der Waals surface area contributed by atoms with Crippen LogP contribution in [0.2, 0.25) is 0 Å². The molecule has 0 fully saturated rings. The van der Waals surface area contributed by atoms with Crippen LogP contribution in [-0.4, -0.2) is 4.98 Å². The Hall–Kier alpha value is -1.35. The van der Waals surface area contributed by atoms with Crippen LogP contribution >= 0.6 is 15.9 Å². The molecule has 0 radical (unpaired) electrons. The summed E-state index contributed by atoms with van der Waals surface area (Å²) in [7, 11) is 0. The van der Waals surface area contributed by atoms with Gasteiger partial charge >= 0.3 is 0 Å². The second-order valence-electron chi connectivity index (χ2n) is 5.78. The van der Waals surface area contributed by atoms with Crippen LogP contribution in [0.3, 0.4) is 0 Å². The van der Waals surface area contributed by atoms with Gasteiger partial charge in [0.05, 0.1) is 11.7 Å². The molecule has 2 aromatic rings. The van der Waals surface area contributed by atoms with Crippen molar-refractivity contribution in [2.45, 2.75) is 26.3 Å². The Bertz CT molecular complexity index is 607. The minimum absolute atomic E-state index is 0.207. The molecule has 1 atom stereocenters. The zero-order chi connectivity index (χ0) is 13.5. The molecule has 3 rings (SSSR count). The molecular formula is C16H17BrN2. The first-order valence-corrected chi connectivity index (χ1v) is 7.32. The number of halogens is 1. The zero-order valence-electron chi connectivity index (χ0n) is 11.2. The summed E-state index contributed by atoms with van der Waals surface area (Å²) in [6, 6.07) is 13.0. The lowest BCUT2D eigenvalue weighted by Gasteiger charge is -2.29. The number of nitrogens with one attached hydrogen (secondary N) is 1. The number of benzene rings is 1. The van der Waals surface area contributed by atoms with E-state index >= 15 is 0 Å². The molecule has 1 aliphatic carbocycles. The predicted molar refractivity (Wildman–Crippen MR) is 82.2 cm³/mol. The van der Waals surface area contributed by atoms with Crippen LogP contribution in [0.15, 0.2) is 47.2 Å². The predicted octanol–water partition coefficient (Wildman–Crippen LogP) is 4.58. The number of pyridine rings is 1. The van der Waals surface area contributed by atoms with Gasteiger partial charge in [-0.3, -0.25) is 0 Å². The minimum Gasteiger partial charge on any atom is -0.375 e. The molecule has 1 aliphatic rings. The molecule has 19 heavy (non-hydrogen) atoms. The van der Waals surface area contributed by atoms with Crippen LogP contribution in [0, 0.1) is 5.41 Å². The van der Waals surface area contributed by atoms with Crippen LogP contribution in [0.25, 0.3) is 0 Å². The van der Waals surface area contributed by atoms with Crippen molar-refractivity contribution in [1.29, 1.82) is 0 Å². The van der Waals surface area contributed by atoms with Crippen molar-refractivity contribution in [2.75, 3.05) is 5.32 Å². The van der Waals surface area contributed by atoms with E-state index in [-0.39, 0.29) is 5.41 Å². The first kappa shape index (κ1) is 12.7. The Kier molecular flexibility index (Phi) is 3.09. The maximum absolute atomic E-state index is 4.28. The first-order valence-electron chi connectivity index (χ1n) is 6.53. The first-order chi connectivity index (χ1) is 9.08. The van der Waals surface area contributed by atoms with Crippen LogP contribution < -0.4 is 5.32 Å². The SMILES string of the molecule is CC1(C)Cc2ccccc2C1Nc1cccnc1Br. The second kappa shape index (κ2) is 4.64. The molecule has 98 valence electrons. The van der Waals surface area contributed by atoms with Gasteiger partial charge in [0.2, 0.25) is 0 Å². The summed E-state index contributed by atoms with van der Waals surface area (Å²) in [5, 5.41) is 3.65. The van der Waals surface area contributed by atoms with Crippen molar-refractivity contribution in [3.05, 3.63) is 58.3 Å². The number of fused-ring (bicyclic) bond motifs is 1. The van der Waals surface area contributed by atoms with Gasteiger partial charge in [-0.15, -0.1) is 0 Å². The van der Waals surface area contributed by atoms with Gasteiger partial charge in [0.15, 0.2) is 0 Å². The average molecular weight is 317 g/mol. The Morgan fingerprint density at radius 3 is 2.79 bits per heavy atom. The maximum atomic E-state index is 4.28. The fourth-order valence-electron chi connectivity index (χ4n) is 2.91. The van der Waals surface area contributed by atoms with E-state index in [0.717, 1.165) is 16.7 Å². The van der Waals surface area contributed by atoms with Gasteiger partial charge in [0, 0.05) is 6.20 Å². The third kappa shape index (κ3) is 2.27. The average Bonchev–Trinajstić information content (AvgIpc) is 2.63. The second-order valence-corrected chi connectivity index (χ2v) is 6.53. The third-order valence-corrected chi connectivity index (χ3v) is 4.48. The highest BCUT2D eigenvalue weighted by molar-refractivity contribution is 9.10. The fraction of sp³-hybridized carbons (Fsp3) is 0.312. The minimum atomic E-state index is 0.207. The van der Waals surface area contributed by atoms with Gasteiger partial charge in [-0.05, 0) is 51.0 Å². The van der Waals surface area contributed by atoms with E-state index in [1.807, 2.05) is 6.07 Å². The molecule has 2 nitrogen and oxygen atoms in total. The van der Waals surface area contributed by atoms with Crippen molar-refractivity contribution < 1.29 is 0 Å². The van der Waals surface area contributed by atoms with E-state index in [4.69, 9.17) is 0 Å². The van der Waals surface area contributed by atoms with E-state index in [2.05, 4.69) is 70.4 Å². The summed E-state index contributed by atoms with van der Waals surface area (Å²) in [6.07, 6.45) is 2.90. The molecule has 0 aliphatic heterocycles. The van der Waals surface area contributed by atoms with Crippen LogP contribution in [0.5, 0.6) is 0 Å². The number of anilines is 1. The Labute approximate surface area is 122 Å². The van der Waals surface area contributed by atoms with Crippen LogP contribution in [0.1, 0.15) is 31.0 Å². The van der Waals surface area contributed by atoms with Gasteiger partial charge in [0.1, 0.15) is 4.60 Å². The molecule has 0 saturated heterocycles. The summed E-state index contributed by atoms with van der Waals surface area (Å²) >= 11 is 3.51. The standard InChI is InChI=1S/C16H17BrN2/c1-16(2)10-11-6-3-4-7-12(11)14(16)19-13-8-5-9-18-15(13)17/h3-9,14,19H,10H2,1-2H3. The molecule has 3 heteroatoms. The third-order valence-electron chi connectivity index (χ3n) is 3.85. The van der Waals surface area contributed by atoms with Gasteiger partial charge in [-0.2, -0.15) is 0 Å². The van der Waals surface area contributed by atoms with Crippen molar-refractivity contribution in [1.82, 2.24) is 4.98 Å². The molecule has 1 aromatic carbocycles. The Morgan fingerprint density at radius 1 is 1.21 bits per heavy atom. The number of rotatable bonds is 2. The summed E-state index contributed by atoms with van der Waals surface area (Å²) in [4.78, 5) is 4.28. The number of nitrogens with zero attached hydrogens (tertiary/aromatic N) is 1. The van der Waals surface area contributed by atoms with E-state index in [9.17, 15) is 0 Å². The normalized spacial score (nSPS) is 20.1. The highest BCUT2D eigenvalue weighted by atomic mass is 79.9. The maximum Gasteiger partial charge on any atom is 0.129 e. The molecule has 0 saturated carbocycles. The number of aromatic nitrogens is 1. The molecule has 0 amide bonds. The smallest absolute Gasteiger partial charge is 0.129 e. The molecule has 1 unspecified atom stereocenters. The lowest BCUT2D eigenvalue weighted by molar-refractivity contribution is 0.337. The number of hydrogen-bond donors (Lipinski definition) is 1. The van der Waals surface area contributed by atoms with E-state index in [1.54, 1.807) is 6.20 Å². The molecule has 1 N–H and O–H groups in total. The molecule has 0 bridgehead atoms. The Balaban J connectivity index is 1.98. The molecule has 0 spiro atoms. The zero-order valence-corrected chi connectivity index (χ0v) is 12.7. The summed E-state index contributed by atoms with van der Waals surface area (Å²) in [5.41, 5.74) is 4.12. The fourth-order valence-corrected chi connectivity index (χ4v) is 3.28. The summed E-state index contributed by atoms with van der Waals surface area (Å²) in [5.74, 6) is 0. The lowest BCUT2D eigenvalue weighted by atomic mass is 9.85. The van der Waals surface area contributed by atoms with Crippen molar-refractivity contribution in [3.63, 3.8) is 0 Å². The van der Waals surface area contributed by atoms with Crippen molar-refractivity contribution >= 4 is 21.6 Å². The van der Waals surface area contributed by atoms with Gasteiger partial charge in [-0.25, -0.2) is 4.98 Å². The Morgan fingerprint density at radius 2 is 2.00 bits per heavy atom. The summed E-state index contributed by atoms with van der Waals surface area (Å²) < 4.78 is 0.871. The van der Waals surface area contributed by atoms with Crippen LogP contribution in [0.4, 0.5) is 5.69 Å². The quantitative estimate of drug-likeness (QED) is 0.820. The van der Waals surface area contributed by atoms with E-state index < -0.39 is 0 Å². The van der Waals surface area contributed by atoms with Crippen molar-refractivity contribution in [3.8, 4) is 0 Å². The summed E-state index contributed by atoms with van der Waals surface area (Å²) in [6.45, 7) is 4.63. The molecule has 1 aromatic heterocycles. The van der Waals surface area contributed by atoms with Crippen LogP contribution in [-0.2, 0) is 6.42 Å². The van der Waals surface area contributed by atoms with E-state index in [0.29, 0.717) is 6.04 Å². The molecular weight excluding hydrogens is 300 g/mol. The van der Waals surface area contributed by atoms with Gasteiger partial charge in [-0.1, -0.05) is 38.1 Å². The molecule has 1 heterocycles. The van der Waals surface area contributed by atoms with Gasteiger partial charge in [0.25, 0.3) is 0 Å². The van der Waals surface area contributed by atoms with Gasteiger partial charge < -0.3 is 5.32 Å². The topological polar surface area (TPSA) is 24.9 Å².